The highest BCUT2D eigenvalue weighted by Crippen LogP contribution is 2.27. The van der Waals surface area contributed by atoms with Crippen LogP contribution in [0.2, 0.25) is 0 Å². The maximum Gasteiger partial charge on any atom is 0.269 e. The summed E-state index contributed by atoms with van der Waals surface area (Å²) in [5, 5.41) is 18.9. The van der Waals surface area contributed by atoms with Crippen molar-refractivity contribution in [3.8, 4) is 0 Å². The van der Waals surface area contributed by atoms with E-state index < -0.39 is 6.10 Å². The van der Waals surface area contributed by atoms with E-state index in [4.69, 9.17) is 0 Å². The van der Waals surface area contributed by atoms with Crippen molar-refractivity contribution in [2.75, 3.05) is 5.32 Å². The summed E-state index contributed by atoms with van der Waals surface area (Å²) in [5.41, 5.74) is 1.97. The van der Waals surface area contributed by atoms with Crippen molar-refractivity contribution in [2.45, 2.75) is 13.0 Å². The van der Waals surface area contributed by atoms with Gasteiger partial charge in [-0.05, 0) is 47.6 Å². The van der Waals surface area contributed by atoms with Crippen molar-refractivity contribution in [1.29, 1.82) is 0 Å². The summed E-state index contributed by atoms with van der Waals surface area (Å²) in [6.45, 7) is 1.75. The second-order valence-corrected chi connectivity index (χ2v) is 6.42. The zero-order valence-corrected chi connectivity index (χ0v) is 13.3. The number of aromatic nitrogens is 2. The standard InChI is InChI=1S/C15H13N3O2S2/c1-9-14(22-18-17-9)15(20)16-11-5-2-4-10(8-11)13(19)12-6-3-7-21-12/h2-8,13,19H,1H3,(H,16,20). The molecule has 1 atom stereocenters. The van der Waals surface area contributed by atoms with Gasteiger partial charge in [0.2, 0.25) is 0 Å². The quantitative estimate of drug-likeness (QED) is 0.769. The van der Waals surface area contributed by atoms with Crippen LogP contribution in [-0.2, 0) is 0 Å². The van der Waals surface area contributed by atoms with Gasteiger partial charge in [-0.1, -0.05) is 22.7 Å². The Labute approximate surface area is 135 Å². The molecule has 0 aliphatic heterocycles. The van der Waals surface area contributed by atoms with E-state index in [1.54, 1.807) is 25.1 Å². The van der Waals surface area contributed by atoms with Crippen LogP contribution < -0.4 is 5.32 Å². The Morgan fingerprint density at radius 1 is 1.32 bits per heavy atom. The first kappa shape index (κ1) is 14.8. The number of aliphatic hydroxyl groups excluding tert-OH is 1. The first-order valence-electron chi connectivity index (χ1n) is 6.57. The minimum Gasteiger partial charge on any atom is -0.383 e. The molecule has 1 unspecified atom stereocenters. The number of aliphatic hydroxyl groups is 1. The summed E-state index contributed by atoms with van der Waals surface area (Å²) in [7, 11) is 0. The zero-order chi connectivity index (χ0) is 15.5. The molecule has 0 spiro atoms. The summed E-state index contributed by atoms with van der Waals surface area (Å²) < 4.78 is 3.76. The molecule has 0 saturated heterocycles. The van der Waals surface area contributed by atoms with Crippen LogP contribution in [0.25, 0.3) is 0 Å². The van der Waals surface area contributed by atoms with Gasteiger partial charge in [-0.2, -0.15) is 0 Å². The smallest absolute Gasteiger partial charge is 0.269 e. The molecule has 0 saturated carbocycles. The highest BCUT2D eigenvalue weighted by molar-refractivity contribution is 7.10. The van der Waals surface area contributed by atoms with Gasteiger partial charge >= 0.3 is 0 Å². The predicted octanol–water partition coefficient (Wildman–Crippen LogP) is 3.24. The van der Waals surface area contributed by atoms with Crippen LogP contribution in [0.1, 0.15) is 31.9 Å². The lowest BCUT2D eigenvalue weighted by Crippen LogP contribution is -2.12. The number of carbonyl (C=O) groups excluding carboxylic acids is 1. The number of benzene rings is 1. The van der Waals surface area contributed by atoms with E-state index in [2.05, 4.69) is 14.9 Å². The third-order valence-corrected chi connectivity index (χ3v) is 4.88. The number of rotatable bonds is 4. The average Bonchev–Trinajstić information content (AvgIpc) is 3.18. The van der Waals surface area contributed by atoms with Crippen LogP contribution in [-0.4, -0.2) is 20.6 Å². The first-order chi connectivity index (χ1) is 10.6. The second kappa shape index (κ2) is 6.35. The fourth-order valence-electron chi connectivity index (χ4n) is 2.03. The molecular formula is C15H13N3O2S2. The van der Waals surface area contributed by atoms with Crippen LogP contribution >= 0.6 is 22.9 Å². The molecule has 7 heteroatoms. The fraction of sp³-hybridized carbons (Fsp3) is 0.133. The molecule has 0 aliphatic rings. The van der Waals surface area contributed by atoms with Crippen molar-refractivity contribution in [2.24, 2.45) is 0 Å². The first-order valence-corrected chi connectivity index (χ1v) is 8.22. The van der Waals surface area contributed by atoms with Gasteiger partial charge in [-0.3, -0.25) is 4.79 Å². The van der Waals surface area contributed by atoms with Crippen molar-refractivity contribution in [3.05, 3.63) is 62.8 Å². The Morgan fingerprint density at radius 3 is 2.86 bits per heavy atom. The van der Waals surface area contributed by atoms with E-state index in [9.17, 15) is 9.90 Å². The Morgan fingerprint density at radius 2 is 2.18 bits per heavy atom. The Balaban J connectivity index is 1.80. The van der Waals surface area contributed by atoms with E-state index >= 15 is 0 Å². The number of nitrogens with one attached hydrogen (secondary N) is 1. The number of nitrogens with zero attached hydrogens (tertiary/aromatic N) is 2. The Hall–Kier alpha value is -2.09. The Kier molecular flexibility index (Phi) is 4.28. The molecule has 3 rings (SSSR count). The number of amides is 1. The Bertz CT molecular complexity index is 784. The third-order valence-electron chi connectivity index (χ3n) is 3.13. The topological polar surface area (TPSA) is 75.1 Å². The molecule has 2 aromatic heterocycles. The number of hydrogen-bond acceptors (Lipinski definition) is 6. The molecule has 2 heterocycles. The maximum absolute atomic E-state index is 12.2. The summed E-state index contributed by atoms with van der Waals surface area (Å²) in [6, 6.07) is 11.0. The van der Waals surface area contributed by atoms with Gasteiger partial charge in [-0.15, -0.1) is 16.4 Å². The molecule has 0 radical (unpaired) electrons. The van der Waals surface area contributed by atoms with Crippen molar-refractivity contribution in [1.82, 2.24) is 9.59 Å². The van der Waals surface area contributed by atoms with Crippen molar-refractivity contribution < 1.29 is 9.90 Å². The number of hydrogen-bond donors (Lipinski definition) is 2. The molecule has 0 bridgehead atoms. The van der Waals surface area contributed by atoms with E-state index in [0.29, 0.717) is 16.3 Å². The SMILES string of the molecule is Cc1nnsc1C(=O)Nc1cccc(C(O)c2cccs2)c1. The molecule has 112 valence electrons. The van der Waals surface area contributed by atoms with Crippen LogP contribution in [0.3, 0.4) is 0 Å². The predicted molar refractivity (Wildman–Crippen MR) is 87.4 cm³/mol. The van der Waals surface area contributed by atoms with Gasteiger partial charge in [0.15, 0.2) is 0 Å². The normalized spacial score (nSPS) is 12.1. The maximum atomic E-state index is 12.2. The van der Waals surface area contributed by atoms with Crippen LogP contribution in [0.15, 0.2) is 41.8 Å². The minimum absolute atomic E-state index is 0.240. The third kappa shape index (κ3) is 3.06. The number of thiophene rings is 1. The summed E-state index contributed by atoms with van der Waals surface area (Å²) in [4.78, 5) is 13.5. The van der Waals surface area contributed by atoms with Gasteiger partial charge in [-0.25, -0.2) is 0 Å². The average molecular weight is 331 g/mol. The monoisotopic (exact) mass is 331 g/mol. The van der Waals surface area contributed by atoms with Crippen LogP contribution in [0, 0.1) is 6.92 Å². The molecule has 0 fully saturated rings. The minimum atomic E-state index is -0.691. The largest absolute Gasteiger partial charge is 0.383 e. The molecule has 1 aromatic carbocycles. The molecule has 22 heavy (non-hydrogen) atoms. The summed E-state index contributed by atoms with van der Waals surface area (Å²) in [6.07, 6.45) is -0.691. The van der Waals surface area contributed by atoms with E-state index in [0.717, 1.165) is 22.0 Å². The lowest BCUT2D eigenvalue weighted by Gasteiger charge is -2.11. The van der Waals surface area contributed by atoms with Crippen LogP contribution in [0.5, 0.6) is 0 Å². The van der Waals surface area contributed by atoms with E-state index in [1.807, 2.05) is 23.6 Å². The lowest BCUT2D eigenvalue weighted by atomic mass is 10.1. The number of anilines is 1. The zero-order valence-electron chi connectivity index (χ0n) is 11.7. The summed E-state index contributed by atoms with van der Waals surface area (Å²) in [5.74, 6) is -0.240. The number of carbonyl (C=O) groups is 1. The van der Waals surface area contributed by atoms with E-state index in [1.165, 1.54) is 11.3 Å². The molecule has 2 N–H and O–H groups in total. The summed E-state index contributed by atoms with van der Waals surface area (Å²) >= 11 is 2.56. The number of aryl methyl sites for hydroxylation is 1. The van der Waals surface area contributed by atoms with Crippen LogP contribution in [0.4, 0.5) is 5.69 Å². The van der Waals surface area contributed by atoms with Gasteiger partial charge < -0.3 is 10.4 Å². The van der Waals surface area contributed by atoms with Gasteiger partial charge in [0.1, 0.15) is 11.0 Å². The highest BCUT2D eigenvalue weighted by Gasteiger charge is 2.15. The van der Waals surface area contributed by atoms with Crippen molar-refractivity contribution >= 4 is 34.5 Å². The molecule has 0 aliphatic carbocycles. The molecular weight excluding hydrogens is 318 g/mol. The highest BCUT2D eigenvalue weighted by atomic mass is 32.1. The molecule has 1 amide bonds. The molecule has 3 aromatic rings. The van der Waals surface area contributed by atoms with Crippen molar-refractivity contribution in [3.63, 3.8) is 0 Å². The fourth-order valence-corrected chi connectivity index (χ4v) is 3.31. The van der Waals surface area contributed by atoms with Gasteiger partial charge in [0.05, 0.1) is 5.69 Å². The van der Waals surface area contributed by atoms with Gasteiger partial charge in [0.25, 0.3) is 5.91 Å². The second-order valence-electron chi connectivity index (χ2n) is 4.69. The molecule has 5 nitrogen and oxygen atoms in total. The van der Waals surface area contributed by atoms with Gasteiger partial charge in [0, 0.05) is 10.6 Å². The lowest BCUT2D eigenvalue weighted by molar-refractivity contribution is 0.102. The van der Waals surface area contributed by atoms with E-state index in [-0.39, 0.29) is 5.91 Å².